The minimum absolute atomic E-state index is 0.157. The van der Waals surface area contributed by atoms with Crippen LogP contribution in [0.25, 0.3) is 0 Å². The van der Waals surface area contributed by atoms with Crippen molar-refractivity contribution in [2.24, 2.45) is 5.10 Å². The Morgan fingerprint density at radius 3 is 2.24 bits per heavy atom. The fourth-order valence-electron chi connectivity index (χ4n) is 2.81. The quantitative estimate of drug-likeness (QED) is 0.248. The minimum Gasteiger partial charge on any atom is -0.494 e. The molecule has 0 aromatic heterocycles. The summed E-state index contributed by atoms with van der Waals surface area (Å²) >= 11 is 12.1. The zero-order valence-corrected chi connectivity index (χ0v) is 19.5. The van der Waals surface area contributed by atoms with Gasteiger partial charge in [0.1, 0.15) is 5.75 Å². The largest absolute Gasteiger partial charge is 0.494 e. The van der Waals surface area contributed by atoms with Crippen molar-refractivity contribution in [3.63, 3.8) is 0 Å². The average Bonchev–Trinajstić information content (AvgIpc) is 2.82. The summed E-state index contributed by atoms with van der Waals surface area (Å²) in [7, 11) is 0. The molecule has 0 fully saturated rings. The number of hydrogen-bond acceptors (Lipinski definition) is 5. The first-order valence-corrected chi connectivity index (χ1v) is 10.9. The normalized spacial score (nSPS) is 10.6. The predicted molar refractivity (Wildman–Crippen MR) is 133 cm³/mol. The van der Waals surface area contributed by atoms with Gasteiger partial charge < -0.3 is 15.4 Å². The molecule has 8 nitrogen and oxygen atoms in total. The van der Waals surface area contributed by atoms with Gasteiger partial charge in [0.05, 0.1) is 34.1 Å². The highest BCUT2D eigenvalue weighted by Crippen LogP contribution is 2.22. The second-order valence-electron chi connectivity index (χ2n) is 6.75. The monoisotopic (exact) mass is 498 g/mol. The molecule has 0 saturated heterocycles. The molecule has 0 saturated carbocycles. The molecule has 174 valence electrons. The van der Waals surface area contributed by atoms with Crippen LogP contribution in [-0.2, 0) is 9.59 Å². The van der Waals surface area contributed by atoms with Crippen LogP contribution in [0.15, 0.2) is 71.8 Å². The lowest BCUT2D eigenvalue weighted by Gasteiger charge is -2.11. The van der Waals surface area contributed by atoms with E-state index in [2.05, 4.69) is 21.2 Å². The van der Waals surface area contributed by atoms with Crippen LogP contribution in [-0.4, -0.2) is 30.5 Å². The average molecular weight is 499 g/mol. The Bertz CT molecular complexity index is 1210. The van der Waals surface area contributed by atoms with Gasteiger partial charge in [0.2, 0.25) is 0 Å². The first-order valence-electron chi connectivity index (χ1n) is 10.1. The second kappa shape index (κ2) is 11.8. The maximum Gasteiger partial charge on any atom is 0.329 e. The van der Waals surface area contributed by atoms with Crippen molar-refractivity contribution < 1.29 is 19.1 Å². The Kier molecular flexibility index (Phi) is 8.61. The van der Waals surface area contributed by atoms with Gasteiger partial charge in [0, 0.05) is 11.3 Å². The predicted octanol–water partition coefficient (Wildman–Crippen LogP) is 4.73. The molecule has 0 aliphatic rings. The number of nitrogens with zero attached hydrogens (tertiary/aromatic N) is 1. The SMILES string of the molecule is CCOc1ccc(NC(=O)c2ccccc2NC(=O)C(=O)NN=Cc2c(Cl)cccc2Cl)cc1. The Hall–Kier alpha value is -3.88. The van der Waals surface area contributed by atoms with Crippen molar-refractivity contribution in [2.75, 3.05) is 17.2 Å². The van der Waals surface area contributed by atoms with Crippen LogP contribution in [0.1, 0.15) is 22.8 Å². The van der Waals surface area contributed by atoms with E-state index in [9.17, 15) is 14.4 Å². The molecule has 3 aromatic carbocycles. The van der Waals surface area contributed by atoms with Crippen molar-refractivity contribution in [2.45, 2.75) is 6.92 Å². The van der Waals surface area contributed by atoms with Gasteiger partial charge >= 0.3 is 11.8 Å². The van der Waals surface area contributed by atoms with E-state index in [0.29, 0.717) is 33.7 Å². The molecule has 0 heterocycles. The van der Waals surface area contributed by atoms with Crippen LogP contribution in [0.3, 0.4) is 0 Å². The Morgan fingerprint density at radius 2 is 1.56 bits per heavy atom. The van der Waals surface area contributed by atoms with E-state index in [1.807, 2.05) is 6.92 Å². The zero-order chi connectivity index (χ0) is 24.5. The fourth-order valence-corrected chi connectivity index (χ4v) is 3.30. The third-order valence-electron chi connectivity index (χ3n) is 4.41. The maximum absolute atomic E-state index is 12.7. The van der Waals surface area contributed by atoms with E-state index >= 15 is 0 Å². The van der Waals surface area contributed by atoms with E-state index in [-0.39, 0.29) is 11.3 Å². The third kappa shape index (κ3) is 6.57. The van der Waals surface area contributed by atoms with Crippen LogP contribution in [0.4, 0.5) is 11.4 Å². The fraction of sp³-hybridized carbons (Fsp3) is 0.0833. The molecule has 10 heteroatoms. The lowest BCUT2D eigenvalue weighted by molar-refractivity contribution is -0.136. The highest BCUT2D eigenvalue weighted by molar-refractivity contribution is 6.40. The van der Waals surface area contributed by atoms with Gasteiger partial charge in [-0.1, -0.05) is 41.4 Å². The first kappa shape index (κ1) is 24.8. The summed E-state index contributed by atoms with van der Waals surface area (Å²) in [4.78, 5) is 37.2. The number of nitrogens with one attached hydrogen (secondary N) is 3. The van der Waals surface area contributed by atoms with Crippen LogP contribution in [0.5, 0.6) is 5.75 Å². The van der Waals surface area contributed by atoms with Gasteiger partial charge in [-0.3, -0.25) is 14.4 Å². The molecule has 3 amide bonds. The van der Waals surface area contributed by atoms with E-state index in [0.717, 1.165) is 0 Å². The van der Waals surface area contributed by atoms with E-state index in [1.54, 1.807) is 54.6 Å². The molecule has 0 aliphatic carbocycles. The summed E-state index contributed by atoms with van der Waals surface area (Å²) in [6, 6.07) is 18.0. The summed E-state index contributed by atoms with van der Waals surface area (Å²) in [6.07, 6.45) is 1.23. The van der Waals surface area contributed by atoms with Gasteiger partial charge in [0.15, 0.2) is 0 Å². The molecular weight excluding hydrogens is 479 g/mol. The van der Waals surface area contributed by atoms with Gasteiger partial charge in [-0.15, -0.1) is 0 Å². The molecule has 34 heavy (non-hydrogen) atoms. The number of para-hydroxylation sites is 1. The molecule has 0 aliphatic heterocycles. The molecule has 0 spiro atoms. The first-order chi connectivity index (χ1) is 16.4. The molecule has 0 radical (unpaired) electrons. The molecule has 0 unspecified atom stereocenters. The molecule has 0 atom stereocenters. The van der Waals surface area contributed by atoms with Crippen LogP contribution in [0, 0.1) is 0 Å². The van der Waals surface area contributed by atoms with Gasteiger partial charge in [-0.2, -0.15) is 5.10 Å². The number of anilines is 2. The molecule has 3 rings (SSSR count). The number of hydrogen-bond donors (Lipinski definition) is 3. The van der Waals surface area contributed by atoms with Crippen molar-refractivity contribution in [3.8, 4) is 5.75 Å². The van der Waals surface area contributed by atoms with Crippen LogP contribution < -0.4 is 20.8 Å². The topological polar surface area (TPSA) is 109 Å². The summed E-state index contributed by atoms with van der Waals surface area (Å²) in [5.74, 6) is -1.84. The molecule has 0 bridgehead atoms. The summed E-state index contributed by atoms with van der Waals surface area (Å²) < 4.78 is 5.38. The summed E-state index contributed by atoms with van der Waals surface area (Å²) in [5.41, 5.74) is 3.36. The van der Waals surface area contributed by atoms with E-state index < -0.39 is 17.7 Å². The zero-order valence-electron chi connectivity index (χ0n) is 18.0. The molecule has 3 N–H and O–H groups in total. The second-order valence-corrected chi connectivity index (χ2v) is 7.56. The van der Waals surface area contributed by atoms with Crippen LogP contribution >= 0.6 is 23.2 Å². The van der Waals surface area contributed by atoms with Crippen molar-refractivity contribution >= 4 is 58.5 Å². The maximum atomic E-state index is 12.7. The van der Waals surface area contributed by atoms with Crippen molar-refractivity contribution in [1.82, 2.24) is 5.43 Å². The third-order valence-corrected chi connectivity index (χ3v) is 5.07. The number of ether oxygens (including phenoxy) is 1. The number of carbonyl (C=O) groups excluding carboxylic acids is 3. The standard InChI is InChI=1S/C24H20Cl2N4O4/c1-2-34-16-12-10-15(11-13-16)28-22(31)17-6-3-4-9-21(17)29-23(32)24(33)30-27-14-18-19(25)7-5-8-20(18)26/h3-14H,2H2,1H3,(H,28,31)(H,29,32)(H,30,33). The number of halogens is 2. The smallest absolute Gasteiger partial charge is 0.329 e. The Morgan fingerprint density at radius 1 is 0.882 bits per heavy atom. The number of hydrazone groups is 1. The van der Waals surface area contributed by atoms with Gasteiger partial charge in [-0.05, 0) is 55.5 Å². The van der Waals surface area contributed by atoms with Gasteiger partial charge in [-0.25, -0.2) is 5.43 Å². The summed E-state index contributed by atoms with van der Waals surface area (Å²) in [6.45, 7) is 2.41. The number of amides is 3. The highest BCUT2D eigenvalue weighted by Gasteiger charge is 2.18. The van der Waals surface area contributed by atoms with Gasteiger partial charge in [0.25, 0.3) is 5.91 Å². The lowest BCUT2D eigenvalue weighted by Crippen LogP contribution is -2.33. The lowest BCUT2D eigenvalue weighted by atomic mass is 10.1. The number of rotatable bonds is 7. The Labute approximate surface area is 205 Å². The van der Waals surface area contributed by atoms with Crippen molar-refractivity contribution in [1.29, 1.82) is 0 Å². The van der Waals surface area contributed by atoms with E-state index in [1.165, 1.54) is 18.3 Å². The van der Waals surface area contributed by atoms with Crippen LogP contribution in [0.2, 0.25) is 10.0 Å². The Balaban J connectivity index is 1.64. The number of carbonyl (C=O) groups is 3. The molecule has 3 aromatic rings. The number of benzene rings is 3. The minimum atomic E-state index is -1.04. The van der Waals surface area contributed by atoms with Crippen molar-refractivity contribution in [3.05, 3.63) is 87.9 Å². The van der Waals surface area contributed by atoms with E-state index in [4.69, 9.17) is 27.9 Å². The summed E-state index contributed by atoms with van der Waals surface area (Å²) in [5, 5.41) is 9.54. The highest BCUT2D eigenvalue weighted by atomic mass is 35.5. The molecular formula is C24H20Cl2N4O4.